The summed E-state index contributed by atoms with van der Waals surface area (Å²) in [5, 5.41) is 0. The lowest BCUT2D eigenvalue weighted by Crippen LogP contribution is -2.43. The lowest BCUT2D eigenvalue weighted by molar-refractivity contribution is -0.138. The molecule has 3 nitrogen and oxygen atoms in total. The minimum absolute atomic E-state index is 0.102. The van der Waals surface area contributed by atoms with E-state index in [-0.39, 0.29) is 30.7 Å². The number of hydrogen-bond donors (Lipinski definition) is 0. The monoisotopic (exact) mass is 431 g/mol. The van der Waals surface area contributed by atoms with E-state index in [9.17, 15) is 31.1 Å². The third kappa shape index (κ3) is 5.53. The summed E-state index contributed by atoms with van der Waals surface area (Å²) in [6, 6.07) is 8.70. The van der Waals surface area contributed by atoms with Gasteiger partial charge in [0.2, 0.25) is 0 Å². The summed E-state index contributed by atoms with van der Waals surface area (Å²) in [4.78, 5) is 14.1. The van der Waals surface area contributed by atoms with Crippen LogP contribution < -0.4 is 0 Å². The highest BCUT2D eigenvalue weighted by Gasteiger charge is 2.31. The molecule has 3 rings (SSSR count). The molecule has 1 aliphatic heterocycles. The molecule has 0 radical (unpaired) electrons. The normalized spacial score (nSPS) is 17.8. The average Bonchev–Trinajstić information content (AvgIpc) is 2.71. The van der Waals surface area contributed by atoms with Gasteiger partial charge in [0.15, 0.2) is 0 Å². The first-order valence-corrected chi connectivity index (χ1v) is 9.28. The number of amides is 1. The van der Waals surface area contributed by atoms with E-state index >= 15 is 0 Å². The van der Waals surface area contributed by atoms with Gasteiger partial charge in [-0.3, -0.25) is 4.79 Å². The molecule has 9 heteroatoms. The minimum Gasteiger partial charge on any atom is -0.372 e. The first-order valence-electron chi connectivity index (χ1n) is 9.28. The number of halogens is 6. The van der Waals surface area contributed by atoms with Crippen LogP contribution in [0.2, 0.25) is 0 Å². The maximum Gasteiger partial charge on any atom is 0.416 e. The van der Waals surface area contributed by atoms with Gasteiger partial charge in [0.05, 0.1) is 23.8 Å². The van der Waals surface area contributed by atoms with Gasteiger partial charge in [-0.1, -0.05) is 12.1 Å². The second-order valence-corrected chi connectivity index (χ2v) is 7.10. The van der Waals surface area contributed by atoms with E-state index in [1.165, 1.54) is 17.0 Å². The second-order valence-electron chi connectivity index (χ2n) is 7.10. The molecule has 162 valence electrons. The molecule has 2 aromatic carbocycles. The predicted octanol–water partition coefficient (Wildman–Crippen LogP) is 5.55. The van der Waals surface area contributed by atoms with E-state index in [1.54, 1.807) is 0 Å². The molecular formula is C21H19F6NO2. The number of ether oxygens (including phenoxy) is 1. The molecule has 0 spiro atoms. The summed E-state index contributed by atoms with van der Waals surface area (Å²) in [6.07, 6.45) is -7.84. The average molecular weight is 431 g/mol. The van der Waals surface area contributed by atoms with Crippen molar-refractivity contribution >= 4 is 5.91 Å². The molecule has 0 unspecified atom stereocenters. The summed E-state index contributed by atoms with van der Waals surface area (Å²) in [6.45, 7) is 0.825. The molecule has 30 heavy (non-hydrogen) atoms. The first-order chi connectivity index (χ1) is 14.0. The summed E-state index contributed by atoms with van der Waals surface area (Å²) in [5.74, 6) is -0.383. The van der Waals surface area contributed by atoms with Crippen molar-refractivity contribution < 1.29 is 35.9 Å². The lowest BCUT2D eigenvalue weighted by atomic mass is 10.1. The number of carbonyl (C=O) groups excluding carboxylic acids is 1. The highest BCUT2D eigenvalue weighted by molar-refractivity contribution is 5.94. The van der Waals surface area contributed by atoms with Gasteiger partial charge >= 0.3 is 12.4 Å². The molecule has 1 atom stereocenters. The van der Waals surface area contributed by atoms with Crippen LogP contribution in [-0.4, -0.2) is 30.0 Å². The number of nitrogens with zero attached hydrogens (tertiary/aromatic N) is 1. The van der Waals surface area contributed by atoms with Crippen LogP contribution in [0.25, 0.3) is 0 Å². The summed E-state index contributed by atoms with van der Waals surface area (Å²) < 4.78 is 81.6. The third-order valence-corrected chi connectivity index (χ3v) is 4.89. The Labute approximate surface area is 169 Å². The minimum atomic E-state index is -4.47. The number of likely N-dealkylation sites (tertiary alicyclic amines) is 1. The van der Waals surface area contributed by atoms with Crippen molar-refractivity contribution in [3.05, 3.63) is 70.8 Å². The van der Waals surface area contributed by atoms with Gasteiger partial charge < -0.3 is 9.64 Å². The fourth-order valence-electron chi connectivity index (χ4n) is 3.25. The predicted molar refractivity (Wildman–Crippen MR) is 96.6 cm³/mol. The van der Waals surface area contributed by atoms with Gasteiger partial charge in [0.25, 0.3) is 5.91 Å². The molecule has 1 aliphatic rings. The van der Waals surface area contributed by atoms with Gasteiger partial charge in [-0.05, 0) is 54.8 Å². The Morgan fingerprint density at radius 2 is 1.43 bits per heavy atom. The molecule has 0 aromatic heterocycles. The quantitative estimate of drug-likeness (QED) is 0.595. The van der Waals surface area contributed by atoms with E-state index in [4.69, 9.17) is 4.74 Å². The molecule has 1 heterocycles. The number of rotatable bonds is 4. The maximum absolute atomic E-state index is 12.7. The Balaban J connectivity index is 1.56. The third-order valence-electron chi connectivity index (χ3n) is 4.89. The van der Waals surface area contributed by atoms with Crippen LogP contribution in [-0.2, 0) is 23.7 Å². The lowest BCUT2D eigenvalue weighted by Gasteiger charge is -2.33. The fraction of sp³-hybridized carbons (Fsp3) is 0.381. The zero-order valence-corrected chi connectivity index (χ0v) is 15.8. The topological polar surface area (TPSA) is 29.5 Å². The van der Waals surface area contributed by atoms with Crippen LogP contribution in [0.15, 0.2) is 48.5 Å². The molecule has 1 amide bonds. The summed E-state index contributed by atoms with van der Waals surface area (Å²) in [7, 11) is 0. The largest absolute Gasteiger partial charge is 0.416 e. The molecule has 1 fully saturated rings. The summed E-state index contributed by atoms with van der Waals surface area (Å²) in [5.41, 5.74) is -0.826. The SMILES string of the molecule is O=C(c1ccc(C(F)(F)F)cc1)N1CCC[C@H](OCc2ccc(C(F)(F)F)cc2)C1. The molecular weight excluding hydrogens is 412 g/mol. The van der Waals surface area contributed by atoms with Crippen molar-refractivity contribution in [1.82, 2.24) is 4.90 Å². The van der Waals surface area contributed by atoms with Gasteiger partial charge in [-0.2, -0.15) is 26.3 Å². The summed E-state index contributed by atoms with van der Waals surface area (Å²) >= 11 is 0. The number of alkyl halides is 6. The van der Waals surface area contributed by atoms with Crippen LogP contribution in [0.1, 0.15) is 39.9 Å². The van der Waals surface area contributed by atoms with E-state index in [2.05, 4.69) is 0 Å². The molecule has 0 bridgehead atoms. The van der Waals surface area contributed by atoms with Crippen molar-refractivity contribution in [2.45, 2.75) is 37.9 Å². The van der Waals surface area contributed by atoms with E-state index in [1.807, 2.05) is 0 Å². The van der Waals surface area contributed by atoms with Crippen LogP contribution in [0.3, 0.4) is 0 Å². The van der Waals surface area contributed by atoms with Crippen LogP contribution in [0, 0.1) is 0 Å². The van der Waals surface area contributed by atoms with E-state index in [0.717, 1.165) is 36.4 Å². The van der Waals surface area contributed by atoms with Gasteiger partial charge in [-0.15, -0.1) is 0 Å². The number of hydrogen-bond acceptors (Lipinski definition) is 2. The number of carbonyl (C=O) groups is 1. The van der Waals surface area contributed by atoms with E-state index < -0.39 is 23.5 Å². The Kier molecular flexibility index (Phi) is 6.40. The first kappa shape index (κ1) is 22.1. The molecule has 2 aromatic rings. The van der Waals surface area contributed by atoms with Crippen molar-refractivity contribution in [2.24, 2.45) is 0 Å². The highest BCUT2D eigenvalue weighted by Crippen LogP contribution is 2.30. The Morgan fingerprint density at radius 1 is 0.900 bits per heavy atom. The maximum atomic E-state index is 12.7. The van der Waals surface area contributed by atoms with Gasteiger partial charge in [0, 0.05) is 18.7 Å². The van der Waals surface area contributed by atoms with Crippen molar-refractivity contribution in [1.29, 1.82) is 0 Å². The molecule has 0 aliphatic carbocycles. The van der Waals surface area contributed by atoms with Crippen molar-refractivity contribution in [3.8, 4) is 0 Å². The van der Waals surface area contributed by atoms with Gasteiger partial charge in [-0.25, -0.2) is 0 Å². The molecule has 0 N–H and O–H groups in total. The highest BCUT2D eigenvalue weighted by atomic mass is 19.4. The fourth-order valence-corrected chi connectivity index (χ4v) is 3.25. The Morgan fingerprint density at radius 3 is 1.97 bits per heavy atom. The standard InChI is InChI=1S/C21H19F6NO2/c22-20(23,24)16-7-3-14(4-8-16)13-30-18-2-1-11-28(12-18)19(29)15-5-9-17(10-6-15)21(25,26)27/h3-10,18H,1-2,11-13H2/t18-/m0/s1. The van der Waals surface area contributed by atoms with Crippen LogP contribution >= 0.6 is 0 Å². The Bertz CT molecular complexity index is 859. The van der Waals surface area contributed by atoms with Gasteiger partial charge in [0.1, 0.15) is 0 Å². The van der Waals surface area contributed by atoms with Crippen molar-refractivity contribution in [2.75, 3.05) is 13.1 Å². The second kappa shape index (κ2) is 8.67. The Hall–Kier alpha value is -2.55. The molecule has 0 saturated carbocycles. The zero-order valence-electron chi connectivity index (χ0n) is 15.8. The van der Waals surface area contributed by atoms with Crippen molar-refractivity contribution in [3.63, 3.8) is 0 Å². The van der Waals surface area contributed by atoms with Crippen LogP contribution in [0.5, 0.6) is 0 Å². The zero-order chi connectivity index (χ0) is 21.9. The van der Waals surface area contributed by atoms with E-state index in [0.29, 0.717) is 24.9 Å². The smallest absolute Gasteiger partial charge is 0.372 e. The number of benzene rings is 2. The number of piperidine rings is 1. The van der Waals surface area contributed by atoms with Crippen LogP contribution in [0.4, 0.5) is 26.3 Å². The molecule has 1 saturated heterocycles.